The summed E-state index contributed by atoms with van der Waals surface area (Å²) < 4.78 is 30.0. The Kier molecular flexibility index (Phi) is 5.99. The molecule has 0 saturated heterocycles. The van der Waals surface area contributed by atoms with Crippen LogP contribution in [-0.4, -0.2) is 33.2 Å². The van der Waals surface area contributed by atoms with Crippen LogP contribution in [0.1, 0.15) is 33.2 Å². The van der Waals surface area contributed by atoms with Crippen molar-refractivity contribution < 1.29 is 22.7 Å². The van der Waals surface area contributed by atoms with Crippen molar-refractivity contribution in [2.45, 2.75) is 13.8 Å². The number of anilines is 2. The molecule has 8 heteroatoms. The number of rotatable bonds is 6. The Morgan fingerprint density at radius 1 is 1.08 bits per heavy atom. The average Bonchev–Trinajstić information content (AvgIpc) is 2.56. The summed E-state index contributed by atoms with van der Waals surface area (Å²) in [5.41, 5.74) is 1.93. The fourth-order valence-corrected chi connectivity index (χ4v) is 2.92. The summed E-state index contributed by atoms with van der Waals surface area (Å²) in [6.45, 7) is 3.62. The van der Waals surface area contributed by atoms with Gasteiger partial charge < -0.3 is 10.1 Å². The lowest BCUT2D eigenvalue weighted by atomic mass is 10.1. The van der Waals surface area contributed by atoms with Gasteiger partial charge in [0.05, 0.1) is 29.8 Å². The van der Waals surface area contributed by atoms with Crippen molar-refractivity contribution in [2.24, 2.45) is 0 Å². The maximum Gasteiger partial charge on any atom is 0.340 e. The van der Waals surface area contributed by atoms with Crippen molar-refractivity contribution in [3.63, 3.8) is 0 Å². The first-order valence-electron chi connectivity index (χ1n) is 7.87. The largest absolute Gasteiger partial charge is 0.462 e. The summed E-state index contributed by atoms with van der Waals surface area (Å²) in [6.07, 6.45) is 1.05. The van der Waals surface area contributed by atoms with Gasteiger partial charge in [0.25, 0.3) is 5.91 Å². The van der Waals surface area contributed by atoms with Gasteiger partial charge in [0, 0.05) is 5.56 Å². The molecule has 0 heterocycles. The molecule has 0 saturated carbocycles. The van der Waals surface area contributed by atoms with Gasteiger partial charge >= 0.3 is 5.97 Å². The average molecular weight is 376 g/mol. The predicted molar refractivity (Wildman–Crippen MR) is 100.0 cm³/mol. The maximum absolute atomic E-state index is 12.5. The van der Waals surface area contributed by atoms with Gasteiger partial charge in [-0.15, -0.1) is 0 Å². The van der Waals surface area contributed by atoms with E-state index in [0.29, 0.717) is 22.5 Å². The van der Waals surface area contributed by atoms with E-state index in [2.05, 4.69) is 10.0 Å². The molecule has 7 nitrogen and oxygen atoms in total. The Labute approximate surface area is 152 Å². The zero-order valence-corrected chi connectivity index (χ0v) is 15.5. The first-order valence-corrected chi connectivity index (χ1v) is 9.76. The minimum Gasteiger partial charge on any atom is -0.462 e. The molecule has 0 aliphatic rings. The van der Waals surface area contributed by atoms with Crippen molar-refractivity contribution in [2.75, 3.05) is 22.9 Å². The number of benzene rings is 2. The molecule has 2 rings (SSSR count). The standard InChI is InChI=1S/C18H20N2O5S/c1-4-25-18(22)14-7-5-6-8-16(14)19-17(21)13-9-10-15(12(2)11-13)20-26(3,23)24/h5-11,20H,4H2,1-3H3,(H,19,21). The lowest BCUT2D eigenvalue weighted by Crippen LogP contribution is -2.16. The molecule has 138 valence electrons. The van der Waals surface area contributed by atoms with Crippen LogP contribution in [0.25, 0.3) is 0 Å². The second-order valence-corrected chi connectivity index (χ2v) is 7.37. The van der Waals surface area contributed by atoms with E-state index in [9.17, 15) is 18.0 Å². The Hall–Kier alpha value is -2.87. The molecular weight excluding hydrogens is 356 g/mol. The molecule has 0 bridgehead atoms. The van der Waals surface area contributed by atoms with Crippen LogP contribution in [-0.2, 0) is 14.8 Å². The molecule has 0 fully saturated rings. The number of amides is 1. The maximum atomic E-state index is 12.5. The molecule has 0 aromatic heterocycles. The third-order valence-corrected chi connectivity index (χ3v) is 4.05. The van der Waals surface area contributed by atoms with Crippen molar-refractivity contribution in [1.29, 1.82) is 0 Å². The van der Waals surface area contributed by atoms with Crippen LogP contribution in [0.5, 0.6) is 0 Å². The van der Waals surface area contributed by atoms with E-state index in [1.54, 1.807) is 44.2 Å². The minimum atomic E-state index is -3.40. The van der Waals surface area contributed by atoms with E-state index in [1.807, 2.05) is 0 Å². The zero-order valence-electron chi connectivity index (χ0n) is 14.7. The molecule has 0 atom stereocenters. The number of hydrogen-bond donors (Lipinski definition) is 2. The van der Waals surface area contributed by atoms with Gasteiger partial charge in [0.1, 0.15) is 0 Å². The molecule has 1 amide bonds. The fourth-order valence-electron chi connectivity index (χ4n) is 2.29. The number of aryl methyl sites for hydroxylation is 1. The normalized spacial score (nSPS) is 10.9. The summed E-state index contributed by atoms with van der Waals surface area (Å²) >= 11 is 0. The topological polar surface area (TPSA) is 102 Å². The van der Waals surface area contributed by atoms with E-state index >= 15 is 0 Å². The SMILES string of the molecule is CCOC(=O)c1ccccc1NC(=O)c1ccc(NS(C)(=O)=O)c(C)c1. The van der Waals surface area contributed by atoms with Gasteiger partial charge in [-0.3, -0.25) is 9.52 Å². The van der Waals surface area contributed by atoms with Gasteiger partial charge in [-0.2, -0.15) is 0 Å². The highest BCUT2D eigenvalue weighted by molar-refractivity contribution is 7.92. The Bertz CT molecular complexity index is 938. The van der Waals surface area contributed by atoms with Crippen molar-refractivity contribution >= 4 is 33.3 Å². The van der Waals surface area contributed by atoms with Gasteiger partial charge in [0.15, 0.2) is 0 Å². The fraction of sp³-hybridized carbons (Fsp3) is 0.222. The summed E-state index contributed by atoms with van der Waals surface area (Å²) in [4.78, 5) is 24.5. The van der Waals surface area contributed by atoms with E-state index in [1.165, 1.54) is 12.1 Å². The van der Waals surface area contributed by atoms with Crippen LogP contribution >= 0.6 is 0 Å². The molecule has 0 spiro atoms. The quantitative estimate of drug-likeness (QED) is 0.755. The highest BCUT2D eigenvalue weighted by Gasteiger charge is 2.15. The lowest BCUT2D eigenvalue weighted by molar-refractivity contribution is 0.0527. The van der Waals surface area contributed by atoms with Crippen molar-refractivity contribution in [1.82, 2.24) is 0 Å². The Morgan fingerprint density at radius 2 is 1.77 bits per heavy atom. The van der Waals surface area contributed by atoms with Crippen LogP contribution < -0.4 is 10.0 Å². The molecule has 0 aliphatic carbocycles. The number of nitrogens with one attached hydrogen (secondary N) is 2. The first kappa shape index (κ1) is 19.5. The van der Waals surface area contributed by atoms with E-state index in [0.717, 1.165) is 6.26 Å². The zero-order chi connectivity index (χ0) is 19.3. The van der Waals surface area contributed by atoms with Crippen molar-refractivity contribution in [3.8, 4) is 0 Å². The number of carbonyl (C=O) groups excluding carboxylic acids is 2. The molecule has 0 radical (unpaired) electrons. The van der Waals surface area contributed by atoms with E-state index in [4.69, 9.17) is 4.74 Å². The number of carbonyl (C=O) groups is 2. The summed E-state index contributed by atoms with van der Waals surface area (Å²) in [7, 11) is -3.40. The Morgan fingerprint density at radius 3 is 2.38 bits per heavy atom. The summed E-state index contributed by atoms with van der Waals surface area (Å²) in [5.74, 6) is -0.942. The highest BCUT2D eigenvalue weighted by Crippen LogP contribution is 2.20. The molecule has 0 aliphatic heterocycles. The minimum absolute atomic E-state index is 0.231. The van der Waals surface area contributed by atoms with E-state index in [-0.39, 0.29) is 12.2 Å². The summed E-state index contributed by atoms with van der Waals surface area (Å²) in [6, 6.07) is 11.1. The van der Waals surface area contributed by atoms with E-state index < -0.39 is 21.9 Å². The Balaban J connectivity index is 2.24. The van der Waals surface area contributed by atoms with Gasteiger partial charge in [-0.05, 0) is 49.7 Å². The first-order chi connectivity index (χ1) is 12.2. The number of esters is 1. The van der Waals surface area contributed by atoms with Crippen LogP contribution in [0.2, 0.25) is 0 Å². The molecular formula is C18H20N2O5S. The monoisotopic (exact) mass is 376 g/mol. The molecule has 2 aromatic carbocycles. The highest BCUT2D eigenvalue weighted by atomic mass is 32.2. The number of hydrogen-bond acceptors (Lipinski definition) is 5. The number of para-hydroxylation sites is 1. The second-order valence-electron chi connectivity index (χ2n) is 5.62. The third kappa shape index (κ3) is 5.06. The van der Waals surface area contributed by atoms with Crippen molar-refractivity contribution in [3.05, 3.63) is 59.2 Å². The van der Waals surface area contributed by atoms with Gasteiger partial charge in [-0.1, -0.05) is 12.1 Å². The van der Waals surface area contributed by atoms with Gasteiger partial charge in [-0.25, -0.2) is 13.2 Å². The molecule has 0 unspecified atom stereocenters. The second kappa shape index (κ2) is 8.01. The van der Waals surface area contributed by atoms with Gasteiger partial charge in [0.2, 0.25) is 10.0 Å². The summed E-state index contributed by atoms with van der Waals surface area (Å²) in [5, 5.41) is 2.68. The van der Waals surface area contributed by atoms with Crippen LogP contribution in [0, 0.1) is 6.92 Å². The molecule has 2 N–H and O–H groups in total. The molecule has 26 heavy (non-hydrogen) atoms. The lowest BCUT2D eigenvalue weighted by Gasteiger charge is -2.12. The number of ether oxygens (including phenoxy) is 1. The number of sulfonamides is 1. The van der Waals surface area contributed by atoms with Crippen LogP contribution in [0.3, 0.4) is 0 Å². The van der Waals surface area contributed by atoms with Crippen LogP contribution in [0.15, 0.2) is 42.5 Å². The predicted octanol–water partition coefficient (Wildman–Crippen LogP) is 2.80. The third-order valence-electron chi connectivity index (χ3n) is 3.45. The molecule has 2 aromatic rings. The van der Waals surface area contributed by atoms with Crippen LogP contribution in [0.4, 0.5) is 11.4 Å². The smallest absolute Gasteiger partial charge is 0.340 e.